The summed E-state index contributed by atoms with van der Waals surface area (Å²) in [6.45, 7) is -0.355. The van der Waals surface area contributed by atoms with Crippen LogP contribution in [0.2, 0.25) is 0 Å². The number of hydrogen-bond donors (Lipinski definition) is 0. The Kier molecular flexibility index (Phi) is 6.96. The highest BCUT2D eigenvalue weighted by molar-refractivity contribution is 5.28. The molecule has 0 unspecified atom stereocenters. The lowest BCUT2D eigenvalue weighted by atomic mass is 9.79. The molecule has 0 saturated heterocycles. The lowest BCUT2D eigenvalue weighted by Gasteiger charge is -2.26. The number of alkyl halides is 4. The molecule has 0 aromatic heterocycles. The van der Waals surface area contributed by atoms with Crippen molar-refractivity contribution in [3.05, 3.63) is 47.0 Å². The minimum Gasteiger partial charge on any atom is -0.251 e. The summed E-state index contributed by atoms with van der Waals surface area (Å²) in [5.74, 6) is -2.25. The molecule has 0 amide bonds. The smallest absolute Gasteiger partial charge is 0.251 e. The zero-order chi connectivity index (χ0) is 18.4. The Morgan fingerprint density at radius 1 is 1.00 bits per heavy atom. The predicted molar refractivity (Wildman–Crippen MR) is 84.9 cm³/mol. The van der Waals surface area contributed by atoms with Gasteiger partial charge in [-0.1, -0.05) is 12.2 Å². The Labute approximate surface area is 143 Å². The first-order chi connectivity index (χ1) is 11.8. The molecule has 0 N–H and O–H groups in total. The summed E-state index contributed by atoms with van der Waals surface area (Å²) in [7, 11) is 0. The van der Waals surface area contributed by atoms with Gasteiger partial charge >= 0.3 is 6.18 Å². The Morgan fingerprint density at radius 3 is 2.12 bits per heavy atom. The third kappa shape index (κ3) is 5.79. The average Bonchev–Trinajstić information content (AvgIpc) is 2.52. The summed E-state index contributed by atoms with van der Waals surface area (Å²) in [6, 6.07) is 1.58. The molecular weight excluding hydrogens is 342 g/mol. The third-order valence-electron chi connectivity index (χ3n) is 4.80. The molecule has 1 aromatic carbocycles. The lowest BCUT2D eigenvalue weighted by Crippen LogP contribution is -2.14. The Bertz CT molecular complexity index is 559. The van der Waals surface area contributed by atoms with Crippen molar-refractivity contribution in [3.8, 4) is 0 Å². The van der Waals surface area contributed by atoms with Crippen molar-refractivity contribution in [2.75, 3.05) is 6.67 Å². The van der Waals surface area contributed by atoms with E-state index in [4.69, 9.17) is 0 Å². The highest BCUT2D eigenvalue weighted by Crippen LogP contribution is 2.35. The van der Waals surface area contributed by atoms with Gasteiger partial charge in [0.2, 0.25) is 0 Å². The van der Waals surface area contributed by atoms with Gasteiger partial charge in [0.1, 0.15) is 17.2 Å². The van der Waals surface area contributed by atoms with Crippen LogP contribution in [-0.2, 0) is 12.6 Å². The van der Waals surface area contributed by atoms with Crippen molar-refractivity contribution in [3.63, 3.8) is 0 Å². The Morgan fingerprint density at radius 2 is 1.60 bits per heavy atom. The van der Waals surface area contributed by atoms with E-state index in [9.17, 15) is 26.3 Å². The molecule has 25 heavy (non-hydrogen) atoms. The summed E-state index contributed by atoms with van der Waals surface area (Å²) in [5.41, 5.74) is -1.57. The zero-order valence-corrected chi connectivity index (χ0v) is 13.9. The van der Waals surface area contributed by atoms with E-state index in [0.29, 0.717) is 31.1 Å². The normalized spacial score (nSPS) is 21.8. The van der Waals surface area contributed by atoms with E-state index >= 15 is 0 Å². The fourth-order valence-corrected chi connectivity index (χ4v) is 3.43. The molecular formula is C19H22F6. The van der Waals surface area contributed by atoms with Crippen molar-refractivity contribution in [1.29, 1.82) is 0 Å². The summed E-state index contributed by atoms with van der Waals surface area (Å²) >= 11 is 0. The van der Waals surface area contributed by atoms with Crippen LogP contribution in [0.15, 0.2) is 24.3 Å². The first-order valence-electron chi connectivity index (χ1n) is 8.59. The summed E-state index contributed by atoms with van der Waals surface area (Å²) < 4.78 is 76.9. The highest BCUT2D eigenvalue weighted by Gasteiger charge is 2.37. The minimum atomic E-state index is -5.03. The molecule has 1 aliphatic carbocycles. The van der Waals surface area contributed by atoms with E-state index < -0.39 is 23.4 Å². The topological polar surface area (TPSA) is 0 Å². The standard InChI is InChI=1S/C19H22F6/c20-10-2-1-3-13-4-6-14(7-5-13)8-9-15-11-16(21)18(17(22)12-15)19(23,24)25/h1,3,11-14H,2,4-10H2/t13-,14-. The summed E-state index contributed by atoms with van der Waals surface area (Å²) in [4.78, 5) is 0. The maximum absolute atomic E-state index is 13.6. The van der Waals surface area contributed by atoms with Crippen molar-refractivity contribution in [2.24, 2.45) is 11.8 Å². The van der Waals surface area contributed by atoms with Crippen molar-refractivity contribution < 1.29 is 26.3 Å². The Balaban J connectivity index is 1.87. The molecule has 6 heteroatoms. The van der Waals surface area contributed by atoms with Gasteiger partial charge in [0.15, 0.2) is 0 Å². The Hall–Kier alpha value is -1.46. The second-order valence-corrected chi connectivity index (χ2v) is 6.66. The fourth-order valence-electron chi connectivity index (χ4n) is 3.43. The summed E-state index contributed by atoms with van der Waals surface area (Å²) in [5, 5.41) is 0. The predicted octanol–water partition coefficient (Wildman–Crippen LogP) is 6.64. The van der Waals surface area contributed by atoms with Gasteiger partial charge in [-0.15, -0.1) is 0 Å². The number of rotatable bonds is 6. The molecule has 0 spiro atoms. The number of halogens is 6. The molecule has 1 aromatic rings. The molecule has 0 nitrogen and oxygen atoms in total. The molecule has 1 saturated carbocycles. The van der Waals surface area contributed by atoms with Crippen LogP contribution in [0.5, 0.6) is 0 Å². The second-order valence-electron chi connectivity index (χ2n) is 6.66. The average molecular weight is 364 g/mol. The lowest BCUT2D eigenvalue weighted by molar-refractivity contribution is -0.142. The van der Waals surface area contributed by atoms with Crippen molar-refractivity contribution in [1.82, 2.24) is 0 Å². The largest absolute Gasteiger partial charge is 0.422 e. The van der Waals surface area contributed by atoms with Crippen molar-refractivity contribution >= 4 is 0 Å². The molecule has 1 fully saturated rings. The molecule has 0 atom stereocenters. The van der Waals surface area contributed by atoms with Crippen molar-refractivity contribution in [2.45, 2.75) is 51.1 Å². The van der Waals surface area contributed by atoms with Gasteiger partial charge < -0.3 is 0 Å². The van der Waals surface area contributed by atoms with Crippen LogP contribution in [0.25, 0.3) is 0 Å². The monoisotopic (exact) mass is 364 g/mol. The van der Waals surface area contributed by atoms with E-state index in [1.54, 1.807) is 0 Å². The van der Waals surface area contributed by atoms with Gasteiger partial charge in [-0.25, -0.2) is 8.78 Å². The van der Waals surface area contributed by atoms with Gasteiger partial charge in [-0.05, 0) is 74.5 Å². The molecule has 0 aliphatic heterocycles. The van der Waals surface area contributed by atoms with Gasteiger partial charge in [-0.3, -0.25) is 4.39 Å². The number of benzene rings is 1. The first kappa shape index (κ1) is 19.9. The van der Waals surface area contributed by atoms with Crippen LogP contribution in [0.4, 0.5) is 26.3 Å². The molecule has 1 aliphatic rings. The second kappa shape index (κ2) is 8.77. The maximum atomic E-state index is 13.6. The third-order valence-corrected chi connectivity index (χ3v) is 4.80. The maximum Gasteiger partial charge on any atom is 0.422 e. The quantitative estimate of drug-likeness (QED) is 0.392. The van der Waals surface area contributed by atoms with Crippen LogP contribution < -0.4 is 0 Å². The molecule has 140 valence electrons. The van der Waals surface area contributed by atoms with Gasteiger partial charge in [-0.2, -0.15) is 13.2 Å². The SMILES string of the molecule is FCCC=C[C@H]1CC[C@H](CCc2cc(F)c(C(F)(F)F)c(F)c2)CC1. The van der Waals surface area contributed by atoms with Gasteiger partial charge in [0, 0.05) is 0 Å². The summed E-state index contributed by atoms with van der Waals surface area (Å²) in [6.07, 6.45) is 4.30. The first-order valence-corrected chi connectivity index (χ1v) is 8.59. The molecule has 2 rings (SSSR count). The van der Waals surface area contributed by atoms with E-state index in [2.05, 4.69) is 6.08 Å². The molecule has 0 bridgehead atoms. The van der Waals surface area contributed by atoms with Crippen LogP contribution >= 0.6 is 0 Å². The van der Waals surface area contributed by atoms with E-state index in [1.165, 1.54) is 0 Å². The number of allylic oxidation sites excluding steroid dienone is 2. The van der Waals surface area contributed by atoms with Crippen LogP contribution in [-0.4, -0.2) is 6.67 Å². The van der Waals surface area contributed by atoms with E-state index in [-0.39, 0.29) is 12.2 Å². The van der Waals surface area contributed by atoms with Crippen LogP contribution in [0.3, 0.4) is 0 Å². The van der Waals surface area contributed by atoms with Crippen LogP contribution in [0, 0.1) is 23.5 Å². The minimum absolute atomic E-state index is 0.257. The number of hydrogen-bond acceptors (Lipinski definition) is 0. The highest BCUT2D eigenvalue weighted by atomic mass is 19.4. The fraction of sp³-hybridized carbons (Fsp3) is 0.579. The van der Waals surface area contributed by atoms with Crippen LogP contribution in [0.1, 0.15) is 49.7 Å². The number of aryl methyl sites for hydroxylation is 1. The van der Waals surface area contributed by atoms with Gasteiger partial charge in [0.25, 0.3) is 0 Å². The van der Waals surface area contributed by atoms with E-state index in [0.717, 1.165) is 37.8 Å². The zero-order valence-electron chi connectivity index (χ0n) is 13.9. The molecule has 0 radical (unpaired) electrons. The van der Waals surface area contributed by atoms with Gasteiger partial charge in [0.05, 0.1) is 6.67 Å². The van der Waals surface area contributed by atoms with E-state index in [1.807, 2.05) is 6.08 Å². The molecule has 0 heterocycles.